The maximum atomic E-state index is 12.0. The highest BCUT2D eigenvalue weighted by molar-refractivity contribution is 7.91. The Morgan fingerprint density at radius 2 is 1.61 bits per heavy atom. The molecule has 0 aliphatic carbocycles. The Hall–Kier alpha value is -0.950. The Labute approximate surface area is 107 Å². The summed E-state index contributed by atoms with van der Waals surface area (Å²) in [6.45, 7) is 2.14. The maximum Gasteiger partial charge on any atom is 0.236 e. The van der Waals surface area contributed by atoms with Gasteiger partial charge in [0.05, 0.1) is 18.1 Å². The van der Waals surface area contributed by atoms with E-state index in [1.165, 1.54) is 0 Å². The number of hydrogen-bond donors (Lipinski definition) is 0. The van der Waals surface area contributed by atoms with Crippen LogP contribution in [0.5, 0.6) is 0 Å². The third kappa shape index (κ3) is 3.52. The van der Waals surface area contributed by atoms with Crippen LogP contribution in [0.4, 0.5) is 0 Å². The van der Waals surface area contributed by atoms with Gasteiger partial charge in [-0.15, -0.1) is 0 Å². The minimum absolute atomic E-state index is 0.00166. The van der Waals surface area contributed by atoms with E-state index in [4.69, 9.17) is 0 Å². The van der Waals surface area contributed by atoms with Crippen molar-refractivity contribution in [3.8, 4) is 0 Å². The first kappa shape index (κ1) is 13.5. The van der Waals surface area contributed by atoms with Crippen LogP contribution in [-0.4, -0.2) is 74.1 Å². The van der Waals surface area contributed by atoms with Crippen LogP contribution in [0, 0.1) is 0 Å². The second-order valence-electron chi connectivity index (χ2n) is 4.85. The number of ketones is 1. The number of carbonyl (C=O) groups is 2. The first-order valence-corrected chi connectivity index (χ1v) is 8.01. The van der Waals surface area contributed by atoms with Crippen molar-refractivity contribution in [2.24, 2.45) is 0 Å². The van der Waals surface area contributed by atoms with E-state index in [9.17, 15) is 18.0 Å². The first-order valence-electron chi connectivity index (χ1n) is 6.18. The predicted molar refractivity (Wildman–Crippen MR) is 65.9 cm³/mol. The highest BCUT2D eigenvalue weighted by Crippen LogP contribution is 2.08. The fraction of sp³-hybridized carbons (Fsp3) is 0.818. The third-order valence-corrected chi connectivity index (χ3v) is 5.08. The lowest BCUT2D eigenvalue weighted by atomic mass is 10.1. The molecule has 0 radical (unpaired) electrons. The van der Waals surface area contributed by atoms with Crippen LogP contribution < -0.4 is 0 Å². The van der Waals surface area contributed by atoms with E-state index in [1.807, 2.05) is 4.90 Å². The van der Waals surface area contributed by atoms with Gasteiger partial charge in [-0.25, -0.2) is 8.42 Å². The second kappa shape index (κ2) is 5.36. The number of Topliss-reactive ketones (excluding diaryl/α,β-unsaturated/α-hetero) is 1. The first-order chi connectivity index (χ1) is 8.46. The maximum absolute atomic E-state index is 12.0. The van der Waals surface area contributed by atoms with Gasteiger partial charge >= 0.3 is 0 Å². The van der Waals surface area contributed by atoms with Crippen molar-refractivity contribution in [1.82, 2.24) is 9.80 Å². The average Bonchev–Trinajstić information content (AvgIpc) is 2.33. The topological polar surface area (TPSA) is 74.8 Å². The van der Waals surface area contributed by atoms with E-state index >= 15 is 0 Å². The van der Waals surface area contributed by atoms with Crippen LogP contribution >= 0.6 is 0 Å². The molecule has 0 aromatic carbocycles. The van der Waals surface area contributed by atoms with Crippen molar-refractivity contribution >= 4 is 21.5 Å². The fourth-order valence-electron chi connectivity index (χ4n) is 2.21. The molecule has 6 nitrogen and oxygen atoms in total. The number of hydrogen-bond acceptors (Lipinski definition) is 5. The molecule has 0 spiro atoms. The smallest absolute Gasteiger partial charge is 0.236 e. The number of amides is 1. The molecule has 2 fully saturated rings. The van der Waals surface area contributed by atoms with E-state index in [1.54, 1.807) is 4.90 Å². The van der Waals surface area contributed by atoms with E-state index in [2.05, 4.69) is 0 Å². The van der Waals surface area contributed by atoms with Crippen LogP contribution in [0.1, 0.15) is 12.8 Å². The highest BCUT2D eigenvalue weighted by Gasteiger charge is 2.26. The SMILES string of the molecule is O=C1CCN(C(=O)CN2CCS(=O)(=O)CC2)CC1. The van der Waals surface area contributed by atoms with Gasteiger partial charge in [0.15, 0.2) is 9.84 Å². The molecule has 2 saturated heterocycles. The number of rotatable bonds is 2. The van der Waals surface area contributed by atoms with Crippen LogP contribution in [0.25, 0.3) is 0 Å². The predicted octanol–water partition coefficient (Wildman–Crippen LogP) is -1.09. The Morgan fingerprint density at radius 1 is 1.06 bits per heavy atom. The molecule has 0 saturated carbocycles. The molecule has 102 valence electrons. The molecule has 2 aliphatic rings. The van der Waals surface area contributed by atoms with E-state index in [0.29, 0.717) is 39.0 Å². The van der Waals surface area contributed by atoms with Crippen LogP contribution in [0.15, 0.2) is 0 Å². The van der Waals surface area contributed by atoms with Gasteiger partial charge < -0.3 is 4.90 Å². The minimum atomic E-state index is -2.89. The zero-order chi connectivity index (χ0) is 13.2. The molecule has 0 N–H and O–H groups in total. The normalized spacial score (nSPS) is 25.1. The summed E-state index contributed by atoms with van der Waals surface area (Å²) in [4.78, 5) is 26.6. The zero-order valence-electron chi connectivity index (χ0n) is 10.3. The Bertz CT molecular complexity index is 422. The summed E-state index contributed by atoms with van der Waals surface area (Å²) < 4.78 is 22.5. The van der Waals surface area contributed by atoms with Gasteiger partial charge in [-0.05, 0) is 0 Å². The standard InChI is InChI=1S/C11H18N2O4S/c14-10-1-3-13(4-2-10)11(15)9-12-5-7-18(16,17)8-6-12/h1-9H2. The second-order valence-corrected chi connectivity index (χ2v) is 7.15. The summed E-state index contributed by atoms with van der Waals surface area (Å²) in [5.74, 6) is 0.488. The van der Waals surface area contributed by atoms with Crippen molar-refractivity contribution in [3.63, 3.8) is 0 Å². The van der Waals surface area contributed by atoms with Gasteiger partial charge in [-0.3, -0.25) is 14.5 Å². The summed E-state index contributed by atoms with van der Waals surface area (Å²) in [7, 11) is -2.89. The Morgan fingerprint density at radius 3 is 2.17 bits per heavy atom. The molecular formula is C11H18N2O4S. The van der Waals surface area contributed by atoms with Crippen molar-refractivity contribution < 1.29 is 18.0 Å². The molecule has 2 aliphatic heterocycles. The van der Waals surface area contributed by atoms with Crippen LogP contribution in [-0.2, 0) is 19.4 Å². The molecule has 0 unspecified atom stereocenters. The van der Waals surface area contributed by atoms with Gasteiger partial charge in [-0.1, -0.05) is 0 Å². The lowest BCUT2D eigenvalue weighted by Gasteiger charge is -2.31. The molecule has 0 atom stereocenters. The number of carbonyl (C=O) groups excluding carboxylic acids is 2. The molecule has 0 aromatic heterocycles. The van der Waals surface area contributed by atoms with Gasteiger partial charge in [0.1, 0.15) is 5.78 Å². The lowest BCUT2D eigenvalue weighted by molar-refractivity contribution is -0.135. The summed E-state index contributed by atoms with van der Waals surface area (Å²) in [5, 5.41) is 0. The summed E-state index contributed by atoms with van der Waals surface area (Å²) in [6.07, 6.45) is 0.889. The Kier molecular flexibility index (Phi) is 4.01. The monoisotopic (exact) mass is 274 g/mol. The molecule has 1 amide bonds. The fourth-order valence-corrected chi connectivity index (χ4v) is 3.48. The van der Waals surface area contributed by atoms with Crippen molar-refractivity contribution in [1.29, 1.82) is 0 Å². The van der Waals surface area contributed by atoms with Crippen molar-refractivity contribution in [3.05, 3.63) is 0 Å². The molecule has 2 rings (SSSR count). The van der Waals surface area contributed by atoms with Crippen molar-refractivity contribution in [2.75, 3.05) is 44.2 Å². The number of piperidine rings is 1. The summed E-state index contributed by atoms with van der Waals surface area (Å²) in [6, 6.07) is 0. The molecule has 18 heavy (non-hydrogen) atoms. The van der Waals surface area contributed by atoms with E-state index in [-0.39, 0.29) is 29.7 Å². The number of likely N-dealkylation sites (tertiary alicyclic amines) is 1. The van der Waals surface area contributed by atoms with Gasteiger partial charge in [0.25, 0.3) is 0 Å². The third-order valence-electron chi connectivity index (χ3n) is 3.47. The average molecular weight is 274 g/mol. The van der Waals surface area contributed by atoms with E-state index < -0.39 is 9.84 Å². The Balaban J connectivity index is 1.80. The summed E-state index contributed by atoms with van der Waals surface area (Å²) in [5.41, 5.74) is 0. The van der Waals surface area contributed by atoms with Gasteiger partial charge in [-0.2, -0.15) is 0 Å². The number of nitrogens with zero attached hydrogens (tertiary/aromatic N) is 2. The molecule has 0 bridgehead atoms. The molecule has 7 heteroatoms. The summed E-state index contributed by atoms with van der Waals surface area (Å²) >= 11 is 0. The molecular weight excluding hydrogens is 256 g/mol. The zero-order valence-corrected chi connectivity index (χ0v) is 11.1. The van der Waals surface area contributed by atoms with Gasteiger partial charge in [0, 0.05) is 39.0 Å². The van der Waals surface area contributed by atoms with Crippen LogP contribution in [0.3, 0.4) is 0 Å². The van der Waals surface area contributed by atoms with E-state index in [0.717, 1.165) is 0 Å². The number of sulfone groups is 1. The largest absolute Gasteiger partial charge is 0.341 e. The molecule has 0 aromatic rings. The lowest BCUT2D eigenvalue weighted by Crippen LogP contribution is -2.48. The van der Waals surface area contributed by atoms with Gasteiger partial charge in [0.2, 0.25) is 5.91 Å². The highest BCUT2D eigenvalue weighted by atomic mass is 32.2. The minimum Gasteiger partial charge on any atom is -0.341 e. The quantitative estimate of drug-likeness (QED) is 0.639. The van der Waals surface area contributed by atoms with Crippen molar-refractivity contribution in [2.45, 2.75) is 12.8 Å². The van der Waals surface area contributed by atoms with Crippen LogP contribution in [0.2, 0.25) is 0 Å². The molecule has 2 heterocycles.